The molecule has 1 saturated carbocycles. The lowest BCUT2D eigenvalue weighted by molar-refractivity contribution is -0.138. The van der Waals surface area contributed by atoms with Crippen molar-refractivity contribution in [1.82, 2.24) is 5.32 Å². The van der Waals surface area contributed by atoms with Gasteiger partial charge in [-0.2, -0.15) is 0 Å². The van der Waals surface area contributed by atoms with E-state index < -0.39 is 5.97 Å². The van der Waals surface area contributed by atoms with Crippen molar-refractivity contribution in [3.63, 3.8) is 0 Å². The van der Waals surface area contributed by atoms with Crippen LogP contribution in [0.25, 0.3) is 0 Å². The van der Waals surface area contributed by atoms with E-state index in [0.717, 1.165) is 12.0 Å². The first kappa shape index (κ1) is 11.9. The smallest absolute Gasteiger partial charge is 0.322 e. The van der Waals surface area contributed by atoms with E-state index in [1.807, 2.05) is 18.2 Å². The van der Waals surface area contributed by atoms with Gasteiger partial charge >= 0.3 is 5.97 Å². The zero-order valence-electron chi connectivity index (χ0n) is 9.02. The van der Waals surface area contributed by atoms with Crippen molar-refractivity contribution in [2.45, 2.75) is 12.3 Å². The van der Waals surface area contributed by atoms with E-state index in [9.17, 15) is 9.59 Å². The van der Waals surface area contributed by atoms with E-state index in [4.69, 9.17) is 16.7 Å². The Morgan fingerprint density at radius 3 is 2.76 bits per heavy atom. The third-order valence-electron chi connectivity index (χ3n) is 2.85. The van der Waals surface area contributed by atoms with Gasteiger partial charge < -0.3 is 10.4 Å². The number of nitrogens with one attached hydrogen (secondary N) is 1. The lowest BCUT2D eigenvalue weighted by atomic mass is 10.1. The second kappa shape index (κ2) is 4.75. The third kappa shape index (κ3) is 2.77. The molecule has 0 heterocycles. The maximum atomic E-state index is 11.6. The standard InChI is InChI=1S/C12H12ClNO3/c13-10-4-2-1-3-7(10)8-5-9(8)12(17)14-6-11(15)16/h1-4,8-9H,5-6H2,(H,14,17)(H,15,16)/t8-,9-/m0/s1. The van der Waals surface area contributed by atoms with Gasteiger partial charge in [0.05, 0.1) is 0 Å². The third-order valence-corrected chi connectivity index (χ3v) is 3.19. The monoisotopic (exact) mass is 253 g/mol. The highest BCUT2D eigenvalue weighted by molar-refractivity contribution is 6.31. The molecule has 1 fully saturated rings. The average molecular weight is 254 g/mol. The van der Waals surface area contributed by atoms with Crippen molar-refractivity contribution in [3.8, 4) is 0 Å². The minimum atomic E-state index is -1.03. The van der Waals surface area contributed by atoms with Crippen molar-refractivity contribution in [1.29, 1.82) is 0 Å². The van der Waals surface area contributed by atoms with Crippen molar-refractivity contribution in [3.05, 3.63) is 34.9 Å². The summed E-state index contributed by atoms with van der Waals surface area (Å²) >= 11 is 6.03. The van der Waals surface area contributed by atoms with E-state index in [1.165, 1.54) is 0 Å². The Morgan fingerprint density at radius 1 is 1.41 bits per heavy atom. The second-order valence-electron chi connectivity index (χ2n) is 4.08. The molecule has 1 aromatic rings. The van der Waals surface area contributed by atoms with Crippen LogP contribution in [0.5, 0.6) is 0 Å². The molecule has 5 heteroatoms. The van der Waals surface area contributed by atoms with Crippen LogP contribution in [0.15, 0.2) is 24.3 Å². The number of aliphatic carboxylic acids is 1. The van der Waals surface area contributed by atoms with E-state index in [0.29, 0.717) is 5.02 Å². The van der Waals surface area contributed by atoms with Gasteiger partial charge in [-0.3, -0.25) is 9.59 Å². The summed E-state index contributed by atoms with van der Waals surface area (Å²) in [6.45, 7) is -0.329. The van der Waals surface area contributed by atoms with Crippen LogP contribution >= 0.6 is 11.6 Å². The minimum absolute atomic E-state index is 0.123. The van der Waals surface area contributed by atoms with Gasteiger partial charge in [-0.25, -0.2) is 0 Å². The van der Waals surface area contributed by atoms with Gasteiger partial charge in [0, 0.05) is 10.9 Å². The predicted molar refractivity (Wildman–Crippen MR) is 62.9 cm³/mol. The topological polar surface area (TPSA) is 66.4 Å². The lowest BCUT2D eigenvalue weighted by Crippen LogP contribution is -2.30. The predicted octanol–water partition coefficient (Wildman–Crippen LogP) is 1.64. The number of carboxylic acids is 1. The van der Waals surface area contributed by atoms with Crippen LogP contribution in [0.2, 0.25) is 5.02 Å². The summed E-state index contributed by atoms with van der Waals surface area (Å²) in [7, 11) is 0. The van der Waals surface area contributed by atoms with Gasteiger partial charge in [0.15, 0.2) is 0 Å². The molecule has 90 valence electrons. The minimum Gasteiger partial charge on any atom is -0.480 e. The molecule has 0 bridgehead atoms. The van der Waals surface area contributed by atoms with Crippen LogP contribution in [-0.4, -0.2) is 23.5 Å². The highest BCUT2D eigenvalue weighted by Crippen LogP contribution is 2.49. The van der Waals surface area contributed by atoms with Crippen molar-refractivity contribution in [2.24, 2.45) is 5.92 Å². The Hall–Kier alpha value is -1.55. The number of halogens is 1. The first-order valence-electron chi connectivity index (χ1n) is 5.33. The highest BCUT2D eigenvalue weighted by atomic mass is 35.5. The summed E-state index contributed by atoms with van der Waals surface area (Å²) in [5.74, 6) is -1.27. The fourth-order valence-corrected chi connectivity index (χ4v) is 2.17. The lowest BCUT2D eigenvalue weighted by Gasteiger charge is -2.03. The van der Waals surface area contributed by atoms with Gasteiger partial charge in [0.1, 0.15) is 6.54 Å². The summed E-state index contributed by atoms with van der Waals surface area (Å²) in [6, 6.07) is 7.42. The van der Waals surface area contributed by atoms with Crippen LogP contribution in [0, 0.1) is 5.92 Å². The molecular formula is C12H12ClNO3. The summed E-state index contributed by atoms with van der Waals surface area (Å²) in [6.07, 6.45) is 0.731. The second-order valence-corrected chi connectivity index (χ2v) is 4.49. The maximum absolute atomic E-state index is 11.6. The molecule has 0 saturated heterocycles. The van der Waals surface area contributed by atoms with E-state index in [-0.39, 0.29) is 24.3 Å². The first-order chi connectivity index (χ1) is 8.09. The average Bonchev–Trinajstić information content (AvgIpc) is 3.06. The van der Waals surface area contributed by atoms with Crippen LogP contribution < -0.4 is 5.32 Å². The number of hydrogen-bond acceptors (Lipinski definition) is 2. The molecule has 0 radical (unpaired) electrons. The molecule has 0 aromatic heterocycles. The number of carbonyl (C=O) groups is 2. The van der Waals surface area contributed by atoms with E-state index >= 15 is 0 Å². The molecule has 1 aliphatic rings. The molecule has 2 N–H and O–H groups in total. The largest absolute Gasteiger partial charge is 0.480 e. The number of benzene rings is 1. The summed E-state index contributed by atoms with van der Waals surface area (Å²) in [4.78, 5) is 21.9. The van der Waals surface area contributed by atoms with Crippen LogP contribution in [0.3, 0.4) is 0 Å². The molecule has 2 atom stereocenters. The van der Waals surface area contributed by atoms with Gasteiger partial charge in [-0.15, -0.1) is 0 Å². The number of hydrogen-bond donors (Lipinski definition) is 2. The molecule has 2 rings (SSSR count). The van der Waals surface area contributed by atoms with Gasteiger partial charge in [0.25, 0.3) is 0 Å². The molecular weight excluding hydrogens is 242 g/mol. The normalized spacial score (nSPS) is 21.9. The summed E-state index contributed by atoms with van der Waals surface area (Å²) in [5, 5.41) is 11.5. The van der Waals surface area contributed by atoms with Gasteiger partial charge in [0.2, 0.25) is 5.91 Å². The molecule has 0 aliphatic heterocycles. The van der Waals surface area contributed by atoms with Crippen LogP contribution in [-0.2, 0) is 9.59 Å². The molecule has 0 unspecified atom stereocenters. The zero-order chi connectivity index (χ0) is 12.4. The zero-order valence-corrected chi connectivity index (χ0v) is 9.78. The maximum Gasteiger partial charge on any atom is 0.322 e. The molecule has 1 amide bonds. The summed E-state index contributed by atoms with van der Waals surface area (Å²) < 4.78 is 0. The van der Waals surface area contributed by atoms with E-state index in [1.54, 1.807) is 6.07 Å². The summed E-state index contributed by atoms with van der Waals surface area (Å²) in [5.41, 5.74) is 0.963. The van der Waals surface area contributed by atoms with Gasteiger partial charge in [-0.05, 0) is 24.0 Å². The van der Waals surface area contributed by atoms with Crippen molar-refractivity contribution < 1.29 is 14.7 Å². The number of amides is 1. The number of carboxylic acid groups (broad SMARTS) is 1. The Bertz CT molecular complexity index is 461. The molecule has 0 spiro atoms. The number of carbonyl (C=O) groups excluding carboxylic acids is 1. The fourth-order valence-electron chi connectivity index (χ4n) is 1.90. The van der Waals surface area contributed by atoms with E-state index in [2.05, 4.69) is 5.32 Å². The quantitative estimate of drug-likeness (QED) is 0.857. The molecule has 1 aliphatic carbocycles. The Morgan fingerprint density at radius 2 is 2.12 bits per heavy atom. The molecule has 4 nitrogen and oxygen atoms in total. The first-order valence-corrected chi connectivity index (χ1v) is 5.71. The molecule has 1 aromatic carbocycles. The fraction of sp³-hybridized carbons (Fsp3) is 0.333. The van der Waals surface area contributed by atoms with Crippen LogP contribution in [0.4, 0.5) is 0 Å². The highest BCUT2D eigenvalue weighted by Gasteiger charge is 2.44. The SMILES string of the molecule is O=C(O)CNC(=O)[C@H]1C[C@H]1c1ccccc1Cl. The number of rotatable bonds is 4. The van der Waals surface area contributed by atoms with Gasteiger partial charge in [-0.1, -0.05) is 29.8 Å². The molecule has 17 heavy (non-hydrogen) atoms. The Labute approximate surface area is 104 Å². The van der Waals surface area contributed by atoms with Crippen LogP contribution in [0.1, 0.15) is 17.9 Å². The Balaban J connectivity index is 1.94. The van der Waals surface area contributed by atoms with Crippen molar-refractivity contribution >= 4 is 23.5 Å². The van der Waals surface area contributed by atoms with Crippen molar-refractivity contribution in [2.75, 3.05) is 6.54 Å². The Kier molecular flexibility index (Phi) is 3.33.